The normalized spacial score (nSPS) is 22.5. The lowest BCUT2D eigenvalue weighted by molar-refractivity contribution is -0.141. The molecule has 2 heterocycles. The predicted octanol–water partition coefficient (Wildman–Crippen LogP) is 2.04. The first-order valence-electron chi connectivity index (χ1n) is 8.91. The van der Waals surface area contributed by atoms with Crippen molar-refractivity contribution in [2.24, 2.45) is 5.92 Å². The van der Waals surface area contributed by atoms with Gasteiger partial charge < -0.3 is 14.7 Å². The molecule has 1 aromatic rings. The predicted molar refractivity (Wildman–Crippen MR) is 94.9 cm³/mol. The zero-order chi connectivity index (χ0) is 18.1. The number of aryl methyl sites for hydroxylation is 1. The van der Waals surface area contributed by atoms with E-state index in [2.05, 4.69) is 11.9 Å². The van der Waals surface area contributed by atoms with E-state index in [4.69, 9.17) is 0 Å². The average molecular weight is 347 g/mol. The van der Waals surface area contributed by atoms with E-state index in [-0.39, 0.29) is 23.7 Å². The molecule has 0 bridgehead atoms. The van der Waals surface area contributed by atoms with Gasteiger partial charge in [0.25, 0.3) is 0 Å². The number of benzene rings is 1. The quantitative estimate of drug-likeness (QED) is 0.786. The summed E-state index contributed by atoms with van der Waals surface area (Å²) in [5.41, 5.74) is 1.41. The molecule has 2 aliphatic heterocycles. The van der Waals surface area contributed by atoms with Crippen LogP contribution in [0, 0.1) is 18.7 Å². The summed E-state index contributed by atoms with van der Waals surface area (Å²) in [6.07, 6.45) is 2.41. The van der Waals surface area contributed by atoms with Crippen LogP contribution in [0.4, 0.5) is 10.1 Å². The van der Waals surface area contributed by atoms with E-state index < -0.39 is 5.92 Å². The van der Waals surface area contributed by atoms with Crippen molar-refractivity contribution in [2.45, 2.75) is 32.2 Å². The van der Waals surface area contributed by atoms with E-state index in [0.29, 0.717) is 24.2 Å². The molecule has 136 valence electrons. The standard InChI is InChI=1S/C19H26FN3O2/c1-13-12-14(20)4-5-17(13)23-11-8-16(19(23)25)18(24)22(3)15-6-9-21(2)10-7-15/h4-5,12,15-16H,6-11H2,1-3H3. The Morgan fingerprint density at radius 1 is 1.20 bits per heavy atom. The molecule has 3 rings (SSSR count). The Labute approximate surface area is 148 Å². The van der Waals surface area contributed by atoms with Crippen LogP contribution in [-0.2, 0) is 9.59 Å². The Kier molecular flexibility index (Phi) is 5.08. The van der Waals surface area contributed by atoms with E-state index in [9.17, 15) is 14.0 Å². The lowest BCUT2D eigenvalue weighted by Gasteiger charge is -2.36. The number of carbonyl (C=O) groups excluding carboxylic acids is 2. The van der Waals surface area contributed by atoms with Crippen LogP contribution in [-0.4, -0.2) is 61.4 Å². The zero-order valence-electron chi connectivity index (χ0n) is 15.2. The molecule has 0 spiro atoms. The number of carbonyl (C=O) groups is 2. The van der Waals surface area contributed by atoms with Gasteiger partial charge in [0.2, 0.25) is 11.8 Å². The summed E-state index contributed by atoms with van der Waals surface area (Å²) in [7, 11) is 3.90. The third-order valence-electron chi connectivity index (χ3n) is 5.54. The van der Waals surface area contributed by atoms with Crippen molar-refractivity contribution in [2.75, 3.05) is 38.6 Å². The molecule has 2 aliphatic rings. The average Bonchev–Trinajstić information content (AvgIpc) is 2.96. The van der Waals surface area contributed by atoms with Crippen molar-refractivity contribution in [3.05, 3.63) is 29.6 Å². The highest BCUT2D eigenvalue weighted by atomic mass is 19.1. The van der Waals surface area contributed by atoms with Gasteiger partial charge in [-0.3, -0.25) is 9.59 Å². The highest BCUT2D eigenvalue weighted by Crippen LogP contribution is 2.30. The maximum absolute atomic E-state index is 13.3. The number of hydrogen-bond acceptors (Lipinski definition) is 3. The fourth-order valence-electron chi connectivity index (χ4n) is 3.88. The molecule has 1 aromatic carbocycles. The maximum Gasteiger partial charge on any atom is 0.239 e. The summed E-state index contributed by atoms with van der Waals surface area (Å²) >= 11 is 0. The van der Waals surface area contributed by atoms with Crippen LogP contribution in [0.2, 0.25) is 0 Å². The number of nitrogens with zero attached hydrogens (tertiary/aromatic N) is 3. The Morgan fingerprint density at radius 3 is 2.52 bits per heavy atom. The summed E-state index contributed by atoms with van der Waals surface area (Å²) < 4.78 is 13.3. The van der Waals surface area contributed by atoms with E-state index in [0.717, 1.165) is 25.9 Å². The van der Waals surface area contributed by atoms with Gasteiger partial charge in [-0.15, -0.1) is 0 Å². The lowest BCUT2D eigenvalue weighted by Crippen LogP contribution is -2.47. The Hall–Kier alpha value is -1.95. The van der Waals surface area contributed by atoms with E-state index in [1.807, 2.05) is 7.05 Å². The topological polar surface area (TPSA) is 43.9 Å². The van der Waals surface area contributed by atoms with Crippen molar-refractivity contribution in [3.8, 4) is 0 Å². The molecule has 6 heteroatoms. The molecule has 2 fully saturated rings. The fourth-order valence-corrected chi connectivity index (χ4v) is 3.88. The molecule has 0 aromatic heterocycles. The third kappa shape index (κ3) is 3.54. The minimum atomic E-state index is -0.617. The molecule has 2 amide bonds. The summed E-state index contributed by atoms with van der Waals surface area (Å²) in [6, 6.07) is 4.60. The smallest absolute Gasteiger partial charge is 0.239 e. The molecule has 2 saturated heterocycles. The molecule has 25 heavy (non-hydrogen) atoms. The summed E-state index contributed by atoms with van der Waals surface area (Å²) in [4.78, 5) is 31.3. The van der Waals surface area contributed by atoms with Crippen molar-refractivity contribution < 1.29 is 14.0 Å². The first-order chi connectivity index (χ1) is 11.9. The van der Waals surface area contributed by atoms with Gasteiger partial charge in [-0.2, -0.15) is 0 Å². The SMILES string of the molecule is Cc1cc(F)ccc1N1CCC(C(=O)N(C)C2CCN(C)CC2)C1=O. The number of rotatable bonds is 3. The lowest BCUT2D eigenvalue weighted by atomic mass is 10.0. The van der Waals surface area contributed by atoms with Gasteiger partial charge >= 0.3 is 0 Å². The van der Waals surface area contributed by atoms with Gasteiger partial charge in [0.15, 0.2) is 0 Å². The van der Waals surface area contributed by atoms with Crippen LogP contribution >= 0.6 is 0 Å². The highest BCUT2D eigenvalue weighted by molar-refractivity contribution is 6.09. The largest absolute Gasteiger partial charge is 0.342 e. The molecular formula is C19H26FN3O2. The Morgan fingerprint density at radius 2 is 1.88 bits per heavy atom. The second-order valence-electron chi connectivity index (χ2n) is 7.25. The molecule has 1 unspecified atom stereocenters. The summed E-state index contributed by atoms with van der Waals surface area (Å²) in [5.74, 6) is -1.18. The van der Waals surface area contributed by atoms with Crippen molar-refractivity contribution in [1.82, 2.24) is 9.80 Å². The van der Waals surface area contributed by atoms with Crippen LogP contribution in [0.1, 0.15) is 24.8 Å². The monoisotopic (exact) mass is 347 g/mol. The Balaban J connectivity index is 1.69. The van der Waals surface area contributed by atoms with Crippen molar-refractivity contribution in [1.29, 1.82) is 0 Å². The second-order valence-corrected chi connectivity index (χ2v) is 7.25. The van der Waals surface area contributed by atoms with Crippen molar-refractivity contribution in [3.63, 3.8) is 0 Å². The molecule has 5 nitrogen and oxygen atoms in total. The van der Waals surface area contributed by atoms with Crippen LogP contribution in [0.3, 0.4) is 0 Å². The van der Waals surface area contributed by atoms with Gasteiger partial charge in [0.05, 0.1) is 0 Å². The number of likely N-dealkylation sites (tertiary alicyclic amines) is 1. The molecule has 0 saturated carbocycles. The van der Waals surface area contributed by atoms with Crippen LogP contribution in [0.15, 0.2) is 18.2 Å². The second kappa shape index (κ2) is 7.12. The van der Waals surface area contributed by atoms with E-state index in [1.54, 1.807) is 22.8 Å². The fraction of sp³-hybridized carbons (Fsp3) is 0.579. The van der Waals surface area contributed by atoms with Gasteiger partial charge in [-0.1, -0.05) is 0 Å². The van der Waals surface area contributed by atoms with Gasteiger partial charge in [-0.05, 0) is 70.1 Å². The first-order valence-corrected chi connectivity index (χ1v) is 8.91. The van der Waals surface area contributed by atoms with Gasteiger partial charge in [0, 0.05) is 25.3 Å². The van der Waals surface area contributed by atoms with Gasteiger partial charge in [0.1, 0.15) is 11.7 Å². The molecule has 0 radical (unpaired) electrons. The van der Waals surface area contributed by atoms with Crippen LogP contribution in [0.5, 0.6) is 0 Å². The van der Waals surface area contributed by atoms with Crippen LogP contribution < -0.4 is 4.90 Å². The number of anilines is 1. The van der Waals surface area contributed by atoms with E-state index in [1.165, 1.54) is 12.1 Å². The number of hydrogen-bond donors (Lipinski definition) is 0. The molecule has 0 aliphatic carbocycles. The highest BCUT2D eigenvalue weighted by Gasteiger charge is 2.40. The van der Waals surface area contributed by atoms with Crippen LogP contribution in [0.25, 0.3) is 0 Å². The zero-order valence-corrected chi connectivity index (χ0v) is 15.2. The first kappa shape index (κ1) is 17.9. The minimum absolute atomic E-state index is 0.0817. The van der Waals surface area contributed by atoms with E-state index >= 15 is 0 Å². The number of amides is 2. The minimum Gasteiger partial charge on any atom is -0.342 e. The molecular weight excluding hydrogens is 321 g/mol. The summed E-state index contributed by atoms with van der Waals surface area (Å²) in [5, 5.41) is 0. The number of piperidine rings is 1. The Bertz CT molecular complexity index is 671. The van der Waals surface area contributed by atoms with Crippen molar-refractivity contribution >= 4 is 17.5 Å². The third-order valence-corrected chi connectivity index (χ3v) is 5.54. The maximum atomic E-state index is 13.3. The van der Waals surface area contributed by atoms with Gasteiger partial charge in [-0.25, -0.2) is 4.39 Å². The number of halogens is 1. The summed E-state index contributed by atoms with van der Waals surface area (Å²) in [6.45, 7) is 4.23. The molecule has 0 N–H and O–H groups in total. The molecule has 1 atom stereocenters.